The van der Waals surface area contributed by atoms with Crippen molar-refractivity contribution < 1.29 is 23.8 Å². The Kier molecular flexibility index (Phi) is 6.02. The molecule has 0 unspecified atom stereocenters. The number of aryl methyl sites for hydroxylation is 1. The van der Waals surface area contributed by atoms with E-state index >= 15 is 0 Å². The third-order valence-electron chi connectivity index (χ3n) is 5.46. The highest BCUT2D eigenvalue weighted by Crippen LogP contribution is 2.39. The second-order valence-corrected chi connectivity index (χ2v) is 7.43. The number of Topliss-reactive ketones (excluding diaryl/α,β-unsaturated/α-hetero) is 1. The van der Waals surface area contributed by atoms with Crippen LogP contribution in [0.25, 0.3) is 5.76 Å². The highest BCUT2D eigenvalue weighted by atomic mass is 19.1. The summed E-state index contributed by atoms with van der Waals surface area (Å²) in [6.07, 6.45) is 5.77. The van der Waals surface area contributed by atoms with Crippen molar-refractivity contribution in [2.75, 3.05) is 13.7 Å². The lowest BCUT2D eigenvalue weighted by Gasteiger charge is -2.25. The van der Waals surface area contributed by atoms with Crippen molar-refractivity contribution in [1.29, 1.82) is 0 Å². The van der Waals surface area contributed by atoms with E-state index < -0.39 is 23.5 Å². The first kappa shape index (κ1) is 21.3. The Morgan fingerprint density at radius 1 is 1.09 bits per heavy atom. The Morgan fingerprint density at radius 3 is 2.44 bits per heavy atom. The van der Waals surface area contributed by atoms with Gasteiger partial charge in [-0.15, -0.1) is 0 Å². The molecule has 1 aliphatic heterocycles. The third kappa shape index (κ3) is 4.12. The van der Waals surface area contributed by atoms with Crippen molar-refractivity contribution in [1.82, 2.24) is 14.5 Å². The number of aromatic nitrogens is 2. The zero-order valence-electron chi connectivity index (χ0n) is 17.4. The summed E-state index contributed by atoms with van der Waals surface area (Å²) >= 11 is 0. The number of ketones is 1. The van der Waals surface area contributed by atoms with Gasteiger partial charge in [-0.1, -0.05) is 12.1 Å². The molecule has 4 rings (SSSR count). The maximum absolute atomic E-state index is 13.4. The van der Waals surface area contributed by atoms with Crippen molar-refractivity contribution in [3.05, 3.63) is 89.8 Å². The van der Waals surface area contributed by atoms with Crippen molar-refractivity contribution >= 4 is 17.4 Å². The van der Waals surface area contributed by atoms with Crippen molar-refractivity contribution in [2.45, 2.75) is 19.0 Å². The van der Waals surface area contributed by atoms with E-state index in [4.69, 9.17) is 4.74 Å². The molecule has 0 spiro atoms. The summed E-state index contributed by atoms with van der Waals surface area (Å²) in [6, 6.07) is 11.4. The first-order valence-electron chi connectivity index (χ1n) is 10.1. The lowest BCUT2D eigenvalue weighted by atomic mass is 9.95. The number of aliphatic hydroxyl groups is 1. The molecule has 0 aliphatic carbocycles. The van der Waals surface area contributed by atoms with Gasteiger partial charge in [-0.3, -0.25) is 9.59 Å². The van der Waals surface area contributed by atoms with Crippen LogP contribution >= 0.6 is 0 Å². The number of hydrogen-bond acceptors (Lipinski definition) is 5. The quantitative estimate of drug-likeness (QED) is 0.349. The van der Waals surface area contributed by atoms with Crippen molar-refractivity contribution in [3.8, 4) is 5.75 Å². The molecule has 0 bridgehead atoms. The Balaban J connectivity index is 1.72. The number of likely N-dealkylation sites (tertiary alicyclic amines) is 1. The number of halogens is 1. The second kappa shape index (κ2) is 9.05. The monoisotopic (exact) mass is 435 g/mol. The van der Waals surface area contributed by atoms with Gasteiger partial charge in [-0.2, -0.15) is 0 Å². The summed E-state index contributed by atoms with van der Waals surface area (Å²) in [6.45, 7) is 0.927. The van der Waals surface area contributed by atoms with Crippen LogP contribution in [0.15, 0.2) is 72.8 Å². The number of nitrogens with zero attached hydrogens (tertiary/aromatic N) is 3. The minimum absolute atomic E-state index is 0.0191. The standard InChI is InChI=1S/C24H22FN3O4/c1-32-19-9-5-16(6-10-19)21-20(22(29)17-3-7-18(25)8-4-17)23(30)24(31)28(21)13-2-12-27-14-11-26-15-27/h3-11,14-15,21,29H,2,12-13H2,1H3/b22-20+/t21-/m1/s1. The molecule has 1 amide bonds. The van der Waals surface area contributed by atoms with Gasteiger partial charge in [0.05, 0.1) is 25.1 Å². The minimum Gasteiger partial charge on any atom is -0.507 e. The second-order valence-electron chi connectivity index (χ2n) is 7.43. The lowest BCUT2D eigenvalue weighted by molar-refractivity contribution is -0.139. The Hall–Kier alpha value is -3.94. The maximum Gasteiger partial charge on any atom is 0.295 e. The average Bonchev–Trinajstić information content (AvgIpc) is 3.41. The normalized spacial score (nSPS) is 17.7. The van der Waals surface area contributed by atoms with Crippen LogP contribution in [-0.4, -0.2) is 44.9 Å². The molecule has 2 heterocycles. The van der Waals surface area contributed by atoms with Crippen LogP contribution < -0.4 is 4.74 Å². The van der Waals surface area contributed by atoms with Crippen LogP contribution in [0.3, 0.4) is 0 Å². The molecule has 1 N–H and O–H groups in total. The van der Waals surface area contributed by atoms with E-state index in [9.17, 15) is 19.1 Å². The Labute approximate surface area is 184 Å². The first-order valence-corrected chi connectivity index (χ1v) is 10.1. The smallest absolute Gasteiger partial charge is 0.295 e. The molecular formula is C24H22FN3O4. The van der Waals surface area contributed by atoms with Gasteiger partial charge in [0.1, 0.15) is 17.3 Å². The number of imidazole rings is 1. The van der Waals surface area contributed by atoms with Crippen LogP contribution in [0.1, 0.15) is 23.6 Å². The van der Waals surface area contributed by atoms with Gasteiger partial charge >= 0.3 is 0 Å². The summed E-state index contributed by atoms with van der Waals surface area (Å²) in [5.74, 6) is -1.62. The van der Waals surface area contributed by atoms with E-state index in [2.05, 4.69) is 4.98 Å². The molecule has 1 fully saturated rings. The van der Waals surface area contributed by atoms with E-state index in [1.165, 1.54) is 29.2 Å². The summed E-state index contributed by atoms with van der Waals surface area (Å²) < 4.78 is 20.4. The number of rotatable bonds is 7. The van der Waals surface area contributed by atoms with Crippen molar-refractivity contribution in [2.24, 2.45) is 0 Å². The van der Waals surface area contributed by atoms with Gasteiger partial charge in [0, 0.05) is 31.0 Å². The molecule has 164 valence electrons. The van der Waals surface area contributed by atoms with Gasteiger partial charge in [0.25, 0.3) is 11.7 Å². The van der Waals surface area contributed by atoms with Gasteiger partial charge in [-0.05, 0) is 48.4 Å². The third-order valence-corrected chi connectivity index (χ3v) is 5.46. The Bertz CT molecular complexity index is 1140. The van der Waals surface area contributed by atoms with Crippen LogP contribution in [0.5, 0.6) is 5.75 Å². The molecule has 1 aromatic heterocycles. The summed E-state index contributed by atoms with van der Waals surface area (Å²) in [7, 11) is 1.55. The fourth-order valence-electron chi connectivity index (χ4n) is 3.85. The Morgan fingerprint density at radius 2 is 1.81 bits per heavy atom. The molecule has 1 aliphatic rings. The number of hydrogen-bond donors (Lipinski definition) is 1. The average molecular weight is 435 g/mol. The largest absolute Gasteiger partial charge is 0.507 e. The van der Waals surface area contributed by atoms with Crippen LogP contribution in [-0.2, 0) is 16.1 Å². The molecule has 1 saturated heterocycles. The van der Waals surface area contributed by atoms with Crippen LogP contribution in [0.2, 0.25) is 0 Å². The maximum atomic E-state index is 13.4. The van der Waals surface area contributed by atoms with E-state index in [1.807, 2.05) is 10.8 Å². The van der Waals surface area contributed by atoms with Gasteiger partial charge in [-0.25, -0.2) is 9.37 Å². The molecule has 7 nitrogen and oxygen atoms in total. The lowest BCUT2D eigenvalue weighted by Crippen LogP contribution is -2.31. The van der Waals surface area contributed by atoms with E-state index in [0.29, 0.717) is 30.8 Å². The fraction of sp³-hybridized carbons (Fsp3) is 0.208. The molecular weight excluding hydrogens is 413 g/mol. The zero-order chi connectivity index (χ0) is 22.7. The van der Waals surface area contributed by atoms with Gasteiger partial charge < -0.3 is 19.3 Å². The fourth-order valence-corrected chi connectivity index (χ4v) is 3.85. The van der Waals surface area contributed by atoms with Crippen molar-refractivity contribution in [3.63, 3.8) is 0 Å². The SMILES string of the molecule is COc1ccc([C@@H]2/C(=C(\O)c3ccc(F)cc3)C(=O)C(=O)N2CCCn2ccnc2)cc1. The molecule has 0 saturated carbocycles. The van der Waals surface area contributed by atoms with E-state index in [0.717, 1.165) is 0 Å². The predicted molar refractivity (Wildman–Crippen MR) is 115 cm³/mol. The minimum atomic E-state index is -0.770. The van der Waals surface area contributed by atoms with E-state index in [1.54, 1.807) is 43.9 Å². The predicted octanol–water partition coefficient (Wildman–Crippen LogP) is 3.54. The molecule has 2 aromatic carbocycles. The van der Waals surface area contributed by atoms with E-state index in [-0.39, 0.29) is 16.9 Å². The summed E-state index contributed by atoms with van der Waals surface area (Å²) in [5.41, 5.74) is 0.909. The zero-order valence-corrected chi connectivity index (χ0v) is 17.4. The number of amides is 1. The highest BCUT2D eigenvalue weighted by molar-refractivity contribution is 6.46. The topological polar surface area (TPSA) is 84.7 Å². The molecule has 0 radical (unpaired) electrons. The number of benzene rings is 2. The number of carbonyl (C=O) groups is 2. The summed E-state index contributed by atoms with van der Waals surface area (Å²) in [4.78, 5) is 31.4. The van der Waals surface area contributed by atoms with Gasteiger partial charge in [0.2, 0.25) is 0 Å². The first-order chi connectivity index (χ1) is 15.5. The van der Waals surface area contributed by atoms with Crippen LogP contribution in [0, 0.1) is 5.82 Å². The highest BCUT2D eigenvalue weighted by Gasteiger charge is 2.45. The number of methoxy groups -OCH3 is 1. The number of carbonyl (C=O) groups excluding carboxylic acids is 2. The summed E-state index contributed by atoms with van der Waals surface area (Å²) in [5, 5.41) is 10.9. The molecule has 32 heavy (non-hydrogen) atoms. The number of aliphatic hydroxyl groups excluding tert-OH is 1. The molecule has 1 atom stereocenters. The number of ether oxygens (including phenoxy) is 1. The molecule has 3 aromatic rings. The van der Waals surface area contributed by atoms with Crippen LogP contribution in [0.4, 0.5) is 4.39 Å². The molecule has 8 heteroatoms. The van der Waals surface area contributed by atoms with Gasteiger partial charge in [0.15, 0.2) is 0 Å².